The average molecular weight is 295 g/mol. The standard InChI is InChI=1S/C14H21N3O4/c1-4-14(2,12(18)19)9-17-13(20)16-8-10-5-6-11(21-3)15-7-10/h5-7H,4,8-9H2,1-3H3,(H,18,19)(H2,16,17,20). The molecule has 21 heavy (non-hydrogen) atoms. The molecule has 2 amide bonds. The molecule has 1 heterocycles. The molecule has 0 saturated heterocycles. The van der Waals surface area contributed by atoms with E-state index in [2.05, 4.69) is 15.6 Å². The largest absolute Gasteiger partial charge is 0.481 e. The maximum Gasteiger partial charge on any atom is 0.315 e. The summed E-state index contributed by atoms with van der Waals surface area (Å²) in [6.07, 6.45) is 2.04. The van der Waals surface area contributed by atoms with E-state index in [0.29, 0.717) is 18.8 Å². The molecule has 0 saturated carbocycles. The molecule has 0 aliphatic carbocycles. The van der Waals surface area contributed by atoms with Gasteiger partial charge < -0.3 is 20.5 Å². The lowest BCUT2D eigenvalue weighted by Crippen LogP contribution is -2.44. The zero-order valence-electron chi connectivity index (χ0n) is 12.5. The first-order valence-corrected chi connectivity index (χ1v) is 6.65. The molecule has 1 aromatic heterocycles. The first-order chi connectivity index (χ1) is 9.91. The number of amides is 2. The van der Waals surface area contributed by atoms with E-state index in [1.165, 1.54) is 7.11 Å². The third-order valence-electron chi connectivity index (χ3n) is 3.40. The molecule has 3 N–H and O–H groups in total. The van der Waals surface area contributed by atoms with Crippen LogP contribution in [0, 0.1) is 5.41 Å². The molecule has 0 aliphatic rings. The molecule has 1 rings (SSSR count). The van der Waals surface area contributed by atoms with Gasteiger partial charge in [-0.25, -0.2) is 9.78 Å². The van der Waals surface area contributed by atoms with Crippen LogP contribution in [0.25, 0.3) is 0 Å². The number of methoxy groups -OCH3 is 1. The van der Waals surface area contributed by atoms with Crippen molar-refractivity contribution < 1.29 is 19.4 Å². The zero-order chi connectivity index (χ0) is 15.9. The van der Waals surface area contributed by atoms with Crippen molar-refractivity contribution in [2.24, 2.45) is 5.41 Å². The Labute approximate surface area is 123 Å². The van der Waals surface area contributed by atoms with Gasteiger partial charge in [0.05, 0.1) is 12.5 Å². The Hall–Kier alpha value is -2.31. The molecule has 0 fully saturated rings. The highest BCUT2D eigenvalue weighted by Crippen LogP contribution is 2.19. The van der Waals surface area contributed by atoms with E-state index in [1.54, 1.807) is 32.2 Å². The van der Waals surface area contributed by atoms with E-state index in [0.717, 1.165) is 5.56 Å². The number of nitrogens with zero attached hydrogens (tertiary/aromatic N) is 1. The van der Waals surface area contributed by atoms with Crippen LogP contribution in [0.5, 0.6) is 5.88 Å². The van der Waals surface area contributed by atoms with Gasteiger partial charge in [-0.15, -0.1) is 0 Å². The summed E-state index contributed by atoms with van der Waals surface area (Å²) < 4.78 is 4.94. The summed E-state index contributed by atoms with van der Waals surface area (Å²) >= 11 is 0. The summed E-state index contributed by atoms with van der Waals surface area (Å²) in [6.45, 7) is 3.75. The van der Waals surface area contributed by atoms with Gasteiger partial charge in [-0.1, -0.05) is 13.0 Å². The lowest BCUT2D eigenvalue weighted by atomic mass is 9.88. The molecule has 1 unspecified atom stereocenters. The fraction of sp³-hybridized carbons (Fsp3) is 0.500. The van der Waals surface area contributed by atoms with Crippen molar-refractivity contribution in [1.29, 1.82) is 0 Å². The Morgan fingerprint density at radius 1 is 1.38 bits per heavy atom. The van der Waals surface area contributed by atoms with Crippen LogP contribution in [-0.4, -0.2) is 35.7 Å². The second kappa shape index (κ2) is 7.47. The summed E-state index contributed by atoms with van der Waals surface area (Å²) in [5.41, 5.74) is -0.138. The number of ether oxygens (including phenoxy) is 1. The van der Waals surface area contributed by atoms with Crippen molar-refractivity contribution in [2.75, 3.05) is 13.7 Å². The molecular weight excluding hydrogens is 274 g/mol. The van der Waals surface area contributed by atoms with Gasteiger partial charge in [0.1, 0.15) is 0 Å². The number of carbonyl (C=O) groups is 2. The molecule has 0 radical (unpaired) electrons. The van der Waals surface area contributed by atoms with Gasteiger partial charge in [0, 0.05) is 25.4 Å². The number of pyridine rings is 1. The highest BCUT2D eigenvalue weighted by atomic mass is 16.5. The van der Waals surface area contributed by atoms with Crippen molar-refractivity contribution in [3.05, 3.63) is 23.9 Å². The molecule has 1 aromatic rings. The highest BCUT2D eigenvalue weighted by Gasteiger charge is 2.31. The molecule has 7 heteroatoms. The summed E-state index contributed by atoms with van der Waals surface area (Å²) in [5, 5.41) is 14.3. The van der Waals surface area contributed by atoms with Gasteiger partial charge in [0.2, 0.25) is 5.88 Å². The van der Waals surface area contributed by atoms with E-state index in [9.17, 15) is 9.59 Å². The summed E-state index contributed by atoms with van der Waals surface area (Å²) in [4.78, 5) is 26.8. The van der Waals surface area contributed by atoms with Gasteiger partial charge in [0.25, 0.3) is 0 Å². The zero-order valence-corrected chi connectivity index (χ0v) is 12.5. The molecule has 7 nitrogen and oxygen atoms in total. The van der Waals surface area contributed by atoms with Crippen molar-refractivity contribution in [1.82, 2.24) is 15.6 Å². The summed E-state index contributed by atoms with van der Waals surface area (Å²) in [5.74, 6) is -0.423. The predicted octanol–water partition coefficient (Wildman–Crippen LogP) is 1.39. The minimum atomic E-state index is -0.959. The molecule has 0 aromatic carbocycles. The van der Waals surface area contributed by atoms with E-state index >= 15 is 0 Å². The van der Waals surface area contributed by atoms with Crippen LogP contribution in [0.2, 0.25) is 0 Å². The van der Waals surface area contributed by atoms with Gasteiger partial charge in [-0.2, -0.15) is 0 Å². The van der Waals surface area contributed by atoms with Crippen molar-refractivity contribution in [3.8, 4) is 5.88 Å². The minimum Gasteiger partial charge on any atom is -0.481 e. The van der Waals surface area contributed by atoms with Crippen LogP contribution in [0.4, 0.5) is 4.79 Å². The number of rotatable bonds is 7. The Balaban J connectivity index is 2.41. The van der Waals surface area contributed by atoms with Crippen LogP contribution in [0.1, 0.15) is 25.8 Å². The minimum absolute atomic E-state index is 0.0749. The number of carboxylic acids is 1. The Morgan fingerprint density at radius 2 is 2.10 bits per heavy atom. The number of aliphatic carboxylic acids is 1. The van der Waals surface area contributed by atoms with Crippen LogP contribution < -0.4 is 15.4 Å². The van der Waals surface area contributed by atoms with Crippen LogP contribution in [0.3, 0.4) is 0 Å². The number of carboxylic acid groups (broad SMARTS) is 1. The van der Waals surface area contributed by atoms with E-state index in [-0.39, 0.29) is 6.54 Å². The van der Waals surface area contributed by atoms with Gasteiger partial charge in [-0.05, 0) is 18.9 Å². The lowest BCUT2D eigenvalue weighted by Gasteiger charge is -2.23. The number of urea groups is 1. The fourth-order valence-electron chi connectivity index (χ4n) is 1.51. The van der Waals surface area contributed by atoms with Gasteiger partial charge in [0.15, 0.2) is 0 Å². The Kier molecular flexibility index (Phi) is 5.95. The maximum atomic E-state index is 11.7. The smallest absolute Gasteiger partial charge is 0.315 e. The quantitative estimate of drug-likeness (QED) is 0.705. The predicted molar refractivity (Wildman–Crippen MR) is 77.1 cm³/mol. The van der Waals surface area contributed by atoms with Crippen molar-refractivity contribution in [3.63, 3.8) is 0 Å². The third-order valence-corrected chi connectivity index (χ3v) is 3.40. The second-order valence-electron chi connectivity index (χ2n) is 4.96. The number of nitrogens with one attached hydrogen (secondary N) is 2. The van der Waals surface area contributed by atoms with Crippen LogP contribution in [0.15, 0.2) is 18.3 Å². The fourth-order valence-corrected chi connectivity index (χ4v) is 1.51. The van der Waals surface area contributed by atoms with E-state index < -0.39 is 17.4 Å². The normalized spacial score (nSPS) is 13.1. The highest BCUT2D eigenvalue weighted by molar-refractivity contribution is 5.77. The molecule has 0 aliphatic heterocycles. The van der Waals surface area contributed by atoms with Crippen LogP contribution >= 0.6 is 0 Å². The topological polar surface area (TPSA) is 101 Å². The third kappa shape index (κ3) is 4.94. The average Bonchev–Trinajstić information content (AvgIpc) is 2.50. The summed E-state index contributed by atoms with van der Waals surface area (Å²) in [7, 11) is 1.53. The first kappa shape index (κ1) is 16.7. The summed E-state index contributed by atoms with van der Waals surface area (Å²) in [6, 6.07) is 3.08. The molecule has 0 spiro atoms. The number of aromatic nitrogens is 1. The van der Waals surface area contributed by atoms with E-state index in [1.807, 2.05) is 0 Å². The Bertz CT molecular complexity index is 489. The van der Waals surface area contributed by atoms with Gasteiger partial charge in [-0.3, -0.25) is 4.79 Å². The molecule has 1 atom stereocenters. The number of carbonyl (C=O) groups excluding carboxylic acids is 1. The lowest BCUT2D eigenvalue weighted by molar-refractivity contribution is -0.147. The number of hydrogen-bond donors (Lipinski definition) is 3. The molecule has 116 valence electrons. The van der Waals surface area contributed by atoms with Crippen molar-refractivity contribution in [2.45, 2.75) is 26.8 Å². The maximum absolute atomic E-state index is 11.7. The Morgan fingerprint density at radius 3 is 2.57 bits per heavy atom. The van der Waals surface area contributed by atoms with Gasteiger partial charge >= 0.3 is 12.0 Å². The first-order valence-electron chi connectivity index (χ1n) is 6.65. The molecular formula is C14H21N3O4. The second-order valence-corrected chi connectivity index (χ2v) is 4.96. The SMILES string of the molecule is CCC(C)(CNC(=O)NCc1ccc(OC)nc1)C(=O)O. The molecule has 0 bridgehead atoms. The van der Waals surface area contributed by atoms with Crippen LogP contribution in [-0.2, 0) is 11.3 Å². The monoisotopic (exact) mass is 295 g/mol. The number of hydrogen-bond acceptors (Lipinski definition) is 4. The van der Waals surface area contributed by atoms with Crippen molar-refractivity contribution >= 4 is 12.0 Å². The van der Waals surface area contributed by atoms with E-state index in [4.69, 9.17) is 9.84 Å².